The van der Waals surface area contributed by atoms with Gasteiger partial charge < -0.3 is 15.2 Å². The molecule has 0 aromatic heterocycles. The lowest BCUT2D eigenvalue weighted by Crippen LogP contribution is -2.54. The minimum Gasteiger partial charge on any atom is -0.395 e. The third-order valence-corrected chi connectivity index (χ3v) is 3.30. The Hall–Kier alpha value is -0.160. The first kappa shape index (κ1) is 14.9. The van der Waals surface area contributed by atoms with Crippen LogP contribution in [0.25, 0.3) is 0 Å². The number of nitrogens with one attached hydrogen (secondary N) is 1. The summed E-state index contributed by atoms with van der Waals surface area (Å²) >= 11 is 0. The van der Waals surface area contributed by atoms with Gasteiger partial charge in [0.15, 0.2) is 0 Å². The molecule has 4 heteroatoms. The molecule has 102 valence electrons. The van der Waals surface area contributed by atoms with Crippen LogP contribution in [0.2, 0.25) is 0 Å². The Morgan fingerprint density at radius 2 is 2.18 bits per heavy atom. The monoisotopic (exact) mass is 244 g/mol. The lowest BCUT2D eigenvalue weighted by atomic mass is 10.1. The summed E-state index contributed by atoms with van der Waals surface area (Å²) in [4.78, 5) is 2.45. The van der Waals surface area contributed by atoms with Gasteiger partial charge in [-0.3, -0.25) is 4.90 Å². The number of nitrogens with zero attached hydrogens (tertiary/aromatic N) is 1. The average Bonchev–Trinajstić information content (AvgIpc) is 2.28. The Balaban J connectivity index is 2.49. The maximum atomic E-state index is 9.41. The zero-order valence-electron chi connectivity index (χ0n) is 11.6. The van der Waals surface area contributed by atoms with E-state index in [1.54, 1.807) is 0 Å². The summed E-state index contributed by atoms with van der Waals surface area (Å²) in [5.74, 6) is 0. The van der Waals surface area contributed by atoms with Crippen LogP contribution >= 0.6 is 0 Å². The average molecular weight is 244 g/mol. The van der Waals surface area contributed by atoms with Crippen molar-refractivity contribution >= 4 is 0 Å². The normalized spacial score (nSPS) is 28.6. The number of aliphatic hydroxyl groups is 1. The van der Waals surface area contributed by atoms with Crippen molar-refractivity contribution in [2.24, 2.45) is 0 Å². The molecule has 17 heavy (non-hydrogen) atoms. The van der Waals surface area contributed by atoms with Crippen molar-refractivity contribution < 1.29 is 9.84 Å². The predicted molar refractivity (Wildman–Crippen MR) is 70.2 cm³/mol. The van der Waals surface area contributed by atoms with Crippen LogP contribution < -0.4 is 5.32 Å². The van der Waals surface area contributed by atoms with E-state index in [0.717, 1.165) is 26.1 Å². The van der Waals surface area contributed by atoms with E-state index >= 15 is 0 Å². The molecule has 0 saturated carbocycles. The summed E-state index contributed by atoms with van der Waals surface area (Å²) < 4.78 is 5.68. The van der Waals surface area contributed by atoms with Gasteiger partial charge >= 0.3 is 0 Å². The largest absolute Gasteiger partial charge is 0.395 e. The molecule has 0 aromatic carbocycles. The third-order valence-electron chi connectivity index (χ3n) is 3.30. The Bertz CT molecular complexity index is 212. The summed E-state index contributed by atoms with van der Waals surface area (Å²) in [7, 11) is 0. The van der Waals surface area contributed by atoms with Crippen LogP contribution in [0.5, 0.6) is 0 Å². The molecule has 4 nitrogen and oxygen atoms in total. The zero-order chi connectivity index (χ0) is 12.8. The molecule has 1 aliphatic heterocycles. The van der Waals surface area contributed by atoms with Crippen LogP contribution in [0, 0.1) is 0 Å². The van der Waals surface area contributed by atoms with Crippen LogP contribution in [-0.4, -0.2) is 60.5 Å². The third kappa shape index (κ3) is 4.92. The van der Waals surface area contributed by atoms with Crippen molar-refractivity contribution in [3.63, 3.8) is 0 Å². The maximum absolute atomic E-state index is 9.41. The Labute approximate surface area is 105 Å². The highest BCUT2D eigenvalue weighted by molar-refractivity contribution is 4.82. The van der Waals surface area contributed by atoms with E-state index < -0.39 is 0 Å². The SMILES string of the molecule is CCC1COC(C)CN1CC(CO)NC(C)C. The zero-order valence-corrected chi connectivity index (χ0v) is 11.6. The van der Waals surface area contributed by atoms with Crippen molar-refractivity contribution in [1.82, 2.24) is 10.2 Å². The van der Waals surface area contributed by atoms with Crippen molar-refractivity contribution in [2.75, 3.05) is 26.3 Å². The van der Waals surface area contributed by atoms with Gasteiger partial charge in [-0.2, -0.15) is 0 Å². The molecule has 3 unspecified atom stereocenters. The van der Waals surface area contributed by atoms with Gasteiger partial charge in [0.05, 0.1) is 19.3 Å². The van der Waals surface area contributed by atoms with Crippen LogP contribution in [-0.2, 0) is 4.74 Å². The lowest BCUT2D eigenvalue weighted by molar-refractivity contribution is -0.0603. The van der Waals surface area contributed by atoms with Gasteiger partial charge in [0, 0.05) is 31.2 Å². The molecule has 0 radical (unpaired) electrons. The van der Waals surface area contributed by atoms with Crippen LogP contribution in [0.1, 0.15) is 34.1 Å². The Morgan fingerprint density at radius 1 is 1.47 bits per heavy atom. The van der Waals surface area contributed by atoms with Crippen LogP contribution in [0.3, 0.4) is 0 Å². The molecule has 0 aliphatic carbocycles. The second-order valence-corrected chi connectivity index (χ2v) is 5.36. The number of hydrogen-bond acceptors (Lipinski definition) is 4. The highest BCUT2D eigenvalue weighted by atomic mass is 16.5. The molecule has 1 heterocycles. The topological polar surface area (TPSA) is 44.7 Å². The number of aliphatic hydroxyl groups excluding tert-OH is 1. The number of hydrogen-bond donors (Lipinski definition) is 2. The highest BCUT2D eigenvalue weighted by Crippen LogP contribution is 2.14. The molecule has 1 rings (SSSR count). The Morgan fingerprint density at radius 3 is 2.71 bits per heavy atom. The summed E-state index contributed by atoms with van der Waals surface area (Å²) in [5, 5.41) is 12.8. The van der Waals surface area contributed by atoms with E-state index in [0.29, 0.717) is 18.2 Å². The first-order valence-corrected chi connectivity index (χ1v) is 6.79. The smallest absolute Gasteiger partial charge is 0.0674 e. The van der Waals surface area contributed by atoms with Gasteiger partial charge in [-0.1, -0.05) is 20.8 Å². The number of ether oxygens (including phenoxy) is 1. The summed E-state index contributed by atoms with van der Waals surface area (Å²) in [6.07, 6.45) is 1.41. The molecular formula is C13H28N2O2. The molecular weight excluding hydrogens is 216 g/mol. The fourth-order valence-corrected chi connectivity index (χ4v) is 2.43. The summed E-state index contributed by atoms with van der Waals surface area (Å²) in [6, 6.07) is 1.06. The molecule has 1 fully saturated rings. The van der Waals surface area contributed by atoms with Crippen LogP contribution in [0.15, 0.2) is 0 Å². The second-order valence-electron chi connectivity index (χ2n) is 5.36. The van der Waals surface area contributed by atoms with Gasteiger partial charge in [0.25, 0.3) is 0 Å². The van der Waals surface area contributed by atoms with Gasteiger partial charge in [-0.05, 0) is 13.3 Å². The molecule has 2 N–H and O–H groups in total. The maximum Gasteiger partial charge on any atom is 0.0674 e. The lowest BCUT2D eigenvalue weighted by Gasteiger charge is -2.40. The quantitative estimate of drug-likeness (QED) is 0.727. The molecule has 0 amide bonds. The minimum absolute atomic E-state index is 0.161. The predicted octanol–water partition coefficient (Wildman–Crippen LogP) is 0.845. The van der Waals surface area contributed by atoms with E-state index in [9.17, 15) is 5.11 Å². The minimum atomic E-state index is 0.161. The van der Waals surface area contributed by atoms with Crippen molar-refractivity contribution in [2.45, 2.75) is 58.3 Å². The van der Waals surface area contributed by atoms with E-state index in [4.69, 9.17) is 4.74 Å². The van der Waals surface area contributed by atoms with Crippen molar-refractivity contribution in [3.05, 3.63) is 0 Å². The highest BCUT2D eigenvalue weighted by Gasteiger charge is 2.27. The fraction of sp³-hybridized carbons (Fsp3) is 1.00. The van der Waals surface area contributed by atoms with Gasteiger partial charge in [-0.25, -0.2) is 0 Å². The van der Waals surface area contributed by atoms with Crippen LogP contribution in [0.4, 0.5) is 0 Å². The summed E-state index contributed by atoms with van der Waals surface area (Å²) in [5.41, 5.74) is 0. The molecule has 1 aliphatic rings. The van der Waals surface area contributed by atoms with Gasteiger partial charge in [0.1, 0.15) is 0 Å². The van der Waals surface area contributed by atoms with Gasteiger partial charge in [0.2, 0.25) is 0 Å². The van der Waals surface area contributed by atoms with Gasteiger partial charge in [-0.15, -0.1) is 0 Å². The first-order chi connectivity index (χ1) is 8.06. The molecule has 0 bridgehead atoms. The molecule has 3 atom stereocenters. The fourth-order valence-electron chi connectivity index (χ4n) is 2.43. The second kappa shape index (κ2) is 7.31. The Kier molecular flexibility index (Phi) is 6.41. The van der Waals surface area contributed by atoms with E-state index in [1.807, 2.05) is 0 Å². The summed E-state index contributed by atoms with van der Waals surface area (Å²) in [6.45, 7) is 11.4. The molecule has 0 aromatic rings. The van der Waals surface area contributed by atoms with Crippen molar-refractivity contribution in [1.29, 1.82) is 0 Å². The number of morpholine rings is 1. The van der Waals surface area contributed by atoms with E-state index in [1.165, 1.54) is 0 Å². The molecule has 1 saturated heterocycles. The first-order valence-electron chi connectivity index (χ1n) is 6.79. The standard InChI is InChI=1S/C13H28N2O2/c1-5-13-9-17-11(4)6-15(13)7-12(8-16)14-10(2)3/h10-14,16H,5-9H2,1-4H3. The van der Waals surface area contributed by atoms with E-state index in [-0.39, 0.29) is 12.6 Å². The van der Waals surface area contributed by atoms with Crippen molar-refractivity contribution in [3.8, 4) is 0 Å². The molecule has 0 spiro atoms. The number of rotatable bonds is 6. The van der Waals surface area contributed by atoms with E-state index in [2.05, 4.69) is 37.9 Å².